The van der Waals surface area contributed by atoms with Crippen molar-refractivity contribution in [2.75, 3.05) is 18.0 Å². The van der Waals surface area contributed by atoms with Crippen LogP contribution in [-0.2, 0) is 0 Å². The van der Waals surface area contributed by atoms with E-state index in [1.807, 2.05) is 6.07 Å². The predicted molar refractivity (Wildman–Crippen MR) is 92.4 cm³/mol. The van der Waals surface area contributed by atoms with Crippen molar-refractivity contribution in [3.05, 3.63) is 28.2 Å². The molecule has 1 aliphatic heterocycles. The van der Waals surface area contributed by atoms with Crippen molar-refractivity contribution in [1.29, 1.82) is 0 Å². The summed E-state index contributed by atoms with van der Waals surface area (Å²) in [5, 5.41) is 0. The van der Waals surface area contributed by atoms with Crippen LogP contribution < -0.4 is 10.6 Å². The van der Waals surface area contributed by atoms with Crippen molar-refractivity contribution in [2.24, 2.45) is 11.1 Å². The third-order valence-electron chi connectivity index (χ3n) is 5.07. The molecule has 0 radical (unpaired) electrons. The van der Waals surface area contributed by atoms with E-state index >= 15 is 0 Å². The zero-order valence-electron chi connectivity index (χ0n) is 11.7. The minimum absolute atomic E-state index is 0.480. The molecule has 3 rings (SSSR count). The quantitative estimate of drug-likeness (QED) is 0.807. The second-order valence-corrected chi connectivity index (χ2v) is 7.49. The first-order valence-electron chi connectivity index (χ1n) is 7.45. The van der Waals surface area contributed by atoms with Crippen LogP contribution in [0.15, 0.2) is 22.7 Å². The molecule has 0 unspecified atom stereocenters. The van der Waals surface area contributed by atoms with Crippen LogP contribution in [0.1, 0.15) is 44.1 Å². The molecular weight excluding hydrogens is 332 g/mol. The summed E-state index contributed by atoms with van der Waals surface area (Å²) < 4.78 is 1.00. The number of hydrogen-bond acceptors (Lipinski definition) is 2. The van der Waals surface area contributed by atoms with Crippen LogP contribution >= 0.6 is 28.1 Å². The summed E-state index contributed by atoms with van der Waals surface area (Å²) in [7, 11) is 0. The lowest BCUT2D eigenvalue weighted by molar-refractivity contribution is 0.226. The van der Waals surface area contributed by atoms with Gasteiger partial charge in [-0.05, 0) is 59.2 Å². The Hall–Kier alpha value is -0.610. The molecule has 1 heterocycles. The van der Waals surface area contributed by atoms with Crippen LogP contribution in [0, 0.1) is 5.41 Å². The lowest BCUT2D eigenvalue weighted by Crippen LogP contribution is -2.39. The third-order valence-corrected chi connectivity index (χ3v) is 5.93. The maximum Gasteiger partial charge on any atom is 0.107 e. The van der Waals surface area contributed by atoms with Crippen molar-refractivity contribution >= 4 is 38.8 Å². The van der Waals surface area contributed by atoms with Gasteiger partial charge in [0.05, 0.1) is 0 Å². The van der Waals surface area contributed by atoms with Crippen molar-refractivity contribution < 1.29 is 0 Å². The van der Waals surface area contributed by atoms with Gasteiger partial charge in [0.1, 0.15) is 4.99 Å². The van der Waals surface area contributed by atoms with E-state index in [4.69, 9.17) is 18.0 Å². The minimum Gasteiger partial charge on any atom is -0.389 e. The zero-order valence-corrected chi connectivity index (χ0v) is 14.1. The van der Waals surface area contributed by atoms with E-state index in [1.165, 1.54) is 44.2 Å². The van der Waals surface area contributed by atoms with Gasteiger partial charge in [-0.15, -0.1) is 0 Å². The summed E-state index contributed by atoms with van der Waals surface area (Å²) in [5.41, 5.74) is 8.74. The molecule has 0 aromatic heterocycles. The number of benzene rings is 1. The molecule has 1 aromatic rings. The van der Waals surface area contributed by atoms with Gasteiger partial charge < -0.3 is 10.6 Å². The smallest absolute Gasteiger partial charge is 0.107 e. The lowest BCUT2D eigenvalue weighted by Gasteiger charge is -2.41. The van der Waals surface area contributed by atoms with E-state index in [0.29, 0.717) is 10.4 Å². The molecule has 108 valence electrons. The number of halogens is 1. The molecule has 2 aliphatic rings. The van der Waals surface area contributed by atoms with Gasteiger partial charge in [0.25, 0.3) is 0 Å². The van der Waals surface area contributed by atoms with E-state index in [1.54, 1.807) is 0 Å². The molecule has 1 saturated heterocycles. The summed E-state index contributed by atoms with van der Waals surface area (Å²) in [6, 6.07) is 6.23. The first-order valence-corrected chi connectivity index (χ1v) is 8.65. The standard InChI is InChI=1S/C16H21BrN2S/c17-12-4-3-5-13(14(12)15(18)20)19-10-8-16(9-11-19)6-1-2-7-16/h3-5H,1-2,6-11H2,(H2,18,20). The summed E-state index contributed by atoms with van der Waals surface area (Å²) in [6.07, 6.45) is 8.35. The van der Waals surface area contributed by atoms with E-state index in [0.717, 1.165) is 23.1 Å². The predicted octanol–water partition coefficient (Wildman–Crippen LogP) is 4.24. The molecule has 1 spiro atoms. The Morgan fingerprint density at radius 1 is 1.15 bits per heavy atom. The largest absolute Gasteiger partial charge is 0.389 e. The van der Waals surface area contributed by atoms with Gasteiger partial charge in [-0.1, -0.05) is 31.1 Å². The number of piperidine rings is 1. The zero-order chi connectivity index (χ0) is 14.2. The van der Waals surface area contributed by atoms with Crippen LogP contribution in [0.3, 0.4) is 0 Å². The molecule has 0 bridgehead atoms. The van der Waals surface area contributed by atoms with E-state index in [9.17, 15) is 0 Å². The van der Waals surface area contributed by atoms with Gasteiger partial charge in [0.15, 0.2) is 0 Å². The molecule has 4 heteroatoms. The minimum atomic E-state index is 0.480. The Kier molecular flexibility index (Phi) is 4.04. The highest BCUT2D eigenvalue weighted by Gasteiger charge is 2.37. The molecule has 0 atom stereocenters. The van der Waals surface area contributed by atoms with Crippen LogP contribution in [-0.4, -0.2) is 18.1 Å². The molecule has 1 saturated carbocycles. The van der Waals surface area contributed by atoms with Crippen LogP contribution in [0.5, 0.6) is 0 Å². The first-order chi connectivity index (χ1) is 9.61. The highest BCUT2D eigenvalue weighted by atomic mass is 79.9. The summed E-state index contributed by atoms with van der Waals surface area (Å²) in [6.45, 7) is 2.26. The maximum atomic E-state index is 5.91. The maximum absolute atomic E-state index is 5.91. The molecule has 2 N–H and O–H groups in total. The van der Waals surface area contributed by atoms with E-state index in [-0.39, 0.29) is 0 Å². The Bertz CT molecular complexity index is 513. The van der Waals surface area contributed by atoms with Gasteiger partial charge in [0, 0.05) is 28.8 Å². The Morgan fingerprint density at radius 3 is 2.40 bits per heavy atom. The van der Waals surface area contributed by atoms with Gasteiger partial charge in [-0.3, -0.25) is 0 Å². The van der Waals surface area contributed by atoms with Crippen molar-refractivity contribution in [1.82, 2.24) is 0 Å². The first kappa shape index (κ1) is 14.3. The Labute approximate surface area is 134 Å². The van der Waals surface area contributed by atoms with Gasteiger partial charge in [0.2, 0.25) is 0 Å². The second kappa shape index (κ2) is 5.64. The molecule has 1 aliphatic carbocycles. The molecule has 2 fully saturated rings. The number of rotatable bonds is 2. The molecule has 2 nitrogen and oxygen atoms in total. The van der Waals surface area contributed by atoms with Gasteiger partial charge in [-0.25, -0.2) is 0 Å². The average Bonchev–Trinajstić information content (AvgIpc) is 2.87. The molecule has 1 aromatic carbocycles. The van der Waals surface area contributed by atoms with Gasteiger partial charge in [-0.2, -0.15) is 0 Å². The molecular formula is C16H21BrN2S. The topological polar surface area (TPSA) is 29.3 Å². The summed E-state index contributed by atoms with van der Waals surface area (Å²) in [5.74, 6) is 0. The van der Waals surface area contributed by atoms with Crippen LogP contribution in [0.25, 0.3) is 0 Å². The summed E-state index contributed by atoms with van der Waals surface area (Å²) >= 11 is 8.81. The molecule has 0 amide bonds. The van der Waals surface area contributed by atoms with Crippen molar-refractivity contribution in [2.45, 2.75) is 38.5 Å². The van der Waals surface area contributed by atoms with Gasteiger partial charge >= 0.3 is 0 Å². The highest BCUT2D eigenvalue weighted by Crippen LogP contribution is 2.47. The monoisotopic (exact) mass is 352 g/mol. The van der Waals surface area contributed by atoms with Crippen molar-refractivity contribution in [3.63, 3.8) is 0 Å². The average molecular weight is 353 g/mol. The fourth-order valence-corrected chi connectivity index (χ4v) is 4.78. The molecule has 20 heavy (non-hydrogen) atoms. The van der Waals surface area contributed by atoms with E-state index in [2.05, 4.69) is 33.0 Å². The fraction of sp³-hybridized carbons (Fsp3) is 0.562. The third kappa shape index (κ3) is 2.60. The Morgan fingerprint density at radius 2 is 1.80 bits per heavy atom. The van der Waals surface area contributed by atoms with Crippen LogP contribution in [0.4, 0.5) is 5.69 Å². The lowest BCUT2D eigenvalue weighted by atomic mass is 9.77. The highest BCUT2D eigenvalue weighted by molar-refractivity contribution is 9.10. The number of nitrogens with two attached hydrogens (primary N) is 1. The van der Waals surface area contributed by atoms with E-state index < -0.39 is 0 Å². The summed E-state index contributed by atoms with van der Waals surface area (Å²) in [4.78, 5) is 2.94. The fourth-order valence-electron chi connectivity index (χ4n) is 3.87. The number of nitrogens with zero attached hydrogens (tertiary/aromatic N) is 1. The number of anilines is 1. The Balaban J connectivity index is 1.81. The normalized spacial score (nSPS) is 21.4. The number of thiocarbonyl (C=S) groups is 1. The number of hydrogen-bond donors (Lipinski definition) is 1. The van der Waals surface area contributed by atoms with Crippen LogP contribution in [0.2, 0.25) is 0 Å². The second-order valence-electron chi connectivity index (χ2n) is 6.19. The SMILES string of the molecule is NC(=S)c1c(Br)cccc1N1CCC2(CCCC2)CC1. The van der Waals surface area contributed by atoms with Crippen molar-refractivity contribution in [3.8, 4) is 0 Å².